The molecule has 15 heavy (non-hydrogen) atoms. The Hall–Kier alpha value is 0.580. The number of ketones is 1. The third-order valence-corrected chi connectivity index (χ3v) is 5.28. The van der Waals surface area contributed by atoms with Gasteiger partial charge in [0.2, 0.25) is 0 Å². The molecule has 0 amide bonds. The number of hydrogen-bond donors (Lipinski definition) is 0. The summed E-state index contributed by atoms with van der Waals surface area (Å²) in [6.07, 6.45) is 1.51. The first-order valence-electron chi connectivity index (χ1n) is 4.62. The van der Waals surface area contributed by atoms with Gasteiger partial charge in [0.1, 0.15) is 14.8 Å². The maximum Gasteiger partial charge on any atom is 0.320 e. The van der Waals surface area contributed by atoms with Crippen molar-refractivity contribution in [3.05, 3.63) is 0 Å². The Bertz CT molecular complexity index is 329. The minimum absolute atomic E-state index is 0.0940. The Morgan fingerprint density at radius 2 is 2.00 bits per heavy atom. The molecule has 1 aliphatic heterocycles. The summed E-state index contributed by atoms with van der Waals surface area (Å²) >= 11 is 9.89. The molecule has 1 spiro atoms. The molecule has 0 aromatic rings. The van der Waals surface area contributed by atoms with Gasteiger partial charge in [-0.2, -0.15) is 0 Å². The first-order valence-corrected chi connectivity index (χ1v) is 7.33. The summed E-state index contributed by atoms with van der Waals surface area (Å²) < 4.78 is 4.43. The quantitative estimate of drug-likeness (QED) is 0.383. The molecule has 1 saturated heterocycles. The van der Waals surface area contributed by atoms with Crippen molar-refractivity contribution in [3.8, 4) is 0 Å². The van der Waals surface area contributed by atoms with E-state index in [9.17, 15) is 9.59 Å². The van der Waals surface area contributed by atoms with Gasteiger partial charge in [-0.15, -0.1) is 0 Å². The van der Waals surface area contributed by atoms with Crippen LogP contribution in [-0.2, 0) is 14.3 Å². The molecule has 2 atom stereocenters. The topological polar surface area (TPSA) is 43.4 Å². The second kappa shape index (κ2) is 3.81. The Labute approximate surface area is 113 Å². The first kappa shape index (κ1) is 12.0. The Balaban J connectivity index is 2.30. The zero-order valence-corrected chi connectivity index (χ0v) is 12.5. The number of hydrogen-bond acceptors (Lipinski definition) is 3. The van der Waals surface area contributed by atoms with Gasteiger partial charge >= 0.3 is 5.97 Å². The average Bonchev–Trinajstić information content (AvgIpc) is 2.62. The predicted octanol–water partition coefficient (Wildman–Crippen LogP) is 2.53. The summed E-state index contributed by atoms with van der Waals surface area (Å²) in [4.78, 5) is 23.9. The van der Waals surface area contributed by atoms with Crippen LogP contribution < -0.4 is 0 Å². The van der Waals surface area contributed by atoms with Crippen molar-refractivity contribution >= 4 is 59.5 Å². The summed E-state index contributed by atoms with van der Waals surface area (Å²) in [6, 6.07) is 0. The molecule has 6 heteroatoms. The highest BCUT2D eigenvalue weighted by atomic mass is 79.9. The Kier molecular flexibility index (Phi) is 3.06. The number of esters is 1. The summed E-state index contributed by atoms with van der Waals surface area (Å²) in [5.41, 5.74) is -0.911. The fourth-order valence-corrected chi connectivity index (χ4v) is 3.72. The minimum atomic E-state index is -0.911. The van der Waals surface area contributed by atoms with E-state index in [1.165, 1.54) is 0 Å². The molecule has 0 N–H and O–H groups in total. The number of carbonyl (C=O) groups is 2. The van der Waals surface area contributed by atoms with Crippen LogP contribution in [0, 0.1) is 5.41 Å². The smallest absolute Gasteiger partial charge is 0.320 e. The van der Waals surface area contributed by atoms with Gasteiger partial charge in [0.15, 0.2) is 5.78 Å². The van der Waals surface area contributed by atoms with E-state index in [1.54, 1.807) is 0 Å². The van der Waals surface area contributed by atoms with E-state index in [-0.39, 0.29) is 17.9 Å². The van der Waals surface area contributed by atoms with E-state index in [2.05, 4.69) is 47.8 Å². The molecule has 3 nitrogen and oxygen atoms in total. The van der Waals surface area contributed by atoms with Crippen molar-refractivity contribution in [2.75, 3.05) is 5.33 Å². The molecule has 2 fully saturated rings. The number of alkyl halides is 3. The average molecular weight is 405 g/mol. The van der Waals surface area contributed by atoms with Crippen LogP contribution >= 0.6 is 47.8 Å². The molecular formula is C9H9Br3O3. The van der Waals surface area contributed by atoms with Crippen molar-refractivity contribution in [2.24, 2.45) is 5.41 Å². The third-order valence-electron chi connectivity index (χ3n) is 3.05. The van der Waals surface area contributed by atoms with Crippen molar-refractivity contribution < 1.29 is 14.3 Å². The van der Waals surface area contributed by atoms with Gasteiger partial charge < -0.3 is 4.74 Å². The lowest BCUT2D eigenvalue weighted by molar-refractivity contribution is -0.151. The molecule has 0 radical (unpaired) electrons. The standard InChI is InChI=1S/C9H9Br3O3/c10-4-5-3-8(7(14)15-5)1-2-9(11,12)6(8)13/h5H,1-4H2. The lowest BCUT2D eigenvalue weighted by atomic mass is 9.82. The SMILES string of the molecule is O=C1OC(CBr)CC12CCC(Br)(Br)C2=O. The number of ether oxygens (including phenoxy) is 1. The molecular weight excluding hydrogens is 396 g/mol. The van der Waals surface area contributed by atoms with E-state index < -0.39 is 8.65 Å². The predicted molar refractivity (Wildman–Crippen MR) is 65.6 cm³/mol. The maximum atomic E-state index is 12.1. The first-order chi connectivity index (χ1) is 6.92. The molecule has 0 bridgehead atoms. The summed E-state index contributed by atoms with van der Waals surface area (Å²) in [5, 5.41) is 0.589. The number of halogens is 3. The molecule has 2 rings (SSSR count). The monoisotopic (exact) mass is 402 g/mol. The Morgan fingerprint density at radius 1 is 1.33 bits per heavy atom. The zero-order valence-electron chi connectivity index (χ0n) is 7.76. The summed E-state index contributed by atoms with van der Waals surface area (Å²) in [6.45, 7) is 0. The van der Waals surface area contributed by atoms with Gasteiger partial charge in [0.25, 0.3) is 0 Å². The van der Waals surface area contributed by atoms with Crippen molar-refractivity contribution in [1.29, 1.82) is 0 Å². The second-order valence-electron chi connectivity index (χ2n) is 4.00. The molecule has 84 valence electrons. The lowest BCUT2D eigenvalue weighted by Crippen LogP contribution is -2.36. The van der Waals surface area contributed by atoms with Crippen LogP contribution in [0.3, 0.4) is 0 Å². The van der Waals surface area contributed by atoms with E-state index in [1.807, 2.05) is 0 Å². The van der Waals surface area contributed by atoms with Gasteiger partial charge in [0.05, 0.1) is 0 Å². The van der Waals surface area contributed by atoms with Gasteiger partial charge in [-0.3, -0.25) is 9.59 Å². The molecule has 2 aliphatic rings. The Morgan fingerprint density at radius 3 is 2.40 bits per heavy atom. The van der Waals surface area contributed by atoms with Crippen molar-refractivity contribution in [1.82, 2.24) is 0 Å². The van der Waals surface area contributed by atoms with Crippen LogP contribution in [0.2, 0.25) is 0 Å². The molecule has 0 aromatic carbocycles. The second-order valence-corrected chi connectivity index (χ2v) is 8.42. The number of cyclic esters (lactones) is 1. The molecule has 1 aliphatic carbocycles. The lowest BCUT2D eigenvalue weighted by Gasteiger charge is -2.17. The maximum absolute atomic E-state index is 12.1. The van der Waals surface area contributed by atoms with Crippen molar-refractivity contribution in [2.45, 2.75) is 28.6 Å². The van der Waals surface area contributed by atoms with Gasteiger partial charge in [0, 0.05) is 11.8 Å². The van der Waals surface area contributed by atoms with Crippen LogP contribution in [0.5, 0.6) is 0 Å². The zero-order chi connectivity index (χ0) is 11.3. The van der Waals surface area contributed by atoms with E-state index in [4.69, 9.17) is 4.74 Å². The van der Waals surface area contributed by atoms with Gasteiger partial charge in [-0.05, 0) is 12.8 Å². The number of rotatable bonds is 1. The fourth-order valence-electron chi connectivity index (χ4n) is 2.20. The molecule has 2 unspecified atom stereocenters. The van der Waals surface area contributed by atoms with Crippen LogP contribution in [-0.4, -0.2) is 26.4 Å². The highest BCUT2D eigenvalue weighted by molar-refractivity contribution is 9.26. The molecule has 0 aromatic heterocycles. The van der Waals surface area contributed by atoms with E-state index in [0.717, 1.165) is 0 Å². The fraction of sp³-hybridized carbons (Fsp3) is 0.778. The number of Topliss-reactive ketones (excluding diaryl/α,β-unsaturated/α-hetero) is 1. The van der Waals surface area contributed by atoms with Crippen LogP contribution in [0.25, 0.3) is 0 Å². The van der Waals surface area contributed by atoms with Crippen molar-refractivity contribution in [3.63, 3.8) is 0 Å². The normalized spacial score (nSPS) is 38.7. The van der Waals surface area contributed by atoms with E-state index in [0.29, 0.717) is 24.6 Å². The number of carbonyl (C=O) groups excluding carboxylic acids is 2. The minimum Gasteiger partial charge on any atom is -0.461 e. The van der Waals surface area contributed by atoms with Gasteiger partial charge in [-0.25, -0.2) is 0 Å². The largest absolute Gasteiger partial charge is 0.461 e. The van der Waals surface area contributed by atoms with Crippen LogP contribution in [0.4, 0.5) is 0 Å². The molecule has 1 saturated carbocycles. The van der Waals surface area contributed by atoms with E-state index >= 15 is 0 Å². The van der Waals surface area contributed by atoms with Gasteiger partial charge in [-0.1, -0.05) is 47.8 Å². The third kappa shape index (κ3) is 1.72. The summed E-state index contributed by atoms with van der Waals surface area (Å²) in [7, 11) is 0. The highest BCUT2D eigenvalue weighted by Crippen LogP contribution is 2.54. The van der Waals surface area contributed by atoms with Crippen LogP contribution in [0.15, 0.2) is 0 Å². The van der Waals surface area contributed by atoms with Crippen LogP contribution in [0.1, 0.15) is 19.3 Å². The molecule has 1 heterocycles. The summed E-state index contributed by atoms with van der Waals surface area (Å²) in [5.74, 6) is -0.457. The highest BCUT2D eigenvalue weighted by Gasteiger charge is 2.63.